The van der Waals surface area contributed by atoms with Crippen LogP contribution in [-0.2, 0) is 9.84 Å². The number of hydrogen-bond donors (Lipinski definition) is 1. The van der Waals surface area contributed by atoms with E-state index in [2.05, 4.69) is 5.10 Å². The Morgan fingerprint density at radius 3 is 2.52 bits per heavy atom. The van der Waals surface area contributed by atoms with Crippen molar-refractivity contribution in [2.24, 2.45) is 0 Å². The Hall–Kier alpha value is -2.09. The number of rotatable bonds is 4. The molecular formula is C13H17FN4O2S. The highest BCUT2D eigenvalue weighted by molar-refractivity contribution is 7.91. The first-order valence-electron chi connectivity index (χ1n) is 6.32. The second kappa shape index (κ2) is 5.36. The average Bonchev–Trinajstić information content (AvgIpc) is 2.76. The van der Waals surface area contributed by atoms with Crippen LogP contribution < -0.4 is 10.6 Å². The predicted molar refractivity (Wildman–Crippen MR) is 80.0 cm³/mol. The summed E-state index contributed by atoms with van der Waals surface area (Å²) < 4.78 is 39.0. The average molecular weight is 312 g/mol. The van der Waals surface area contributed by atoms with Gasteiger partial charge in [-0.25, -0.2) is 17.5 Å². The molecule has 0 atom stereocenters. The van der Waals surface area contributed by atoms with E-state index < -0.39 is 15.7 Å². The molecule has 0 radical (unpaired) electrons. The van der Waals surface area contributed by atoms with Crippen molar-refractivity contribution in [2.45, 2.75) is 11.8 Å². The molecule has 0 aliphatic carbocycles. The number of nitrogens with two attached hydrogens (primary N) is 1. The third-order valence-electron chi connectivity index (χ3n) is 3.15. The van der Waals surface area contributed by atoms with Gasteiger partial charge >= 0.3 is 0 Å². The number of aromatic nitrogens is 2. The lowest BCUT2D eigenvalue weighted by atomic mass is 10.3. The molecule has 114 valence electrons. The summed E-state index contributed by atoms with van der Waals surface area (Å²) in [6.07, 6.45) is 1.05. The van der Waals surface area contributed by atoms with Gasteiger partial charge in [-0.3, -0.25) is 0 Å². The molecule has 0 spiro atoms. The SMILES string of the molecule is CCN(C)c1nn(-c2ccccc2F)c(N)c1S(C)(=O)=O. The van der Waals surface area contributed by atoms with Crippen LogP contribution >= 0.6 is 0 Å². The van der Waals surface area contributed by atoms with Crippen molar-refractivity contribution < 1.29 is 12.8 Å². The van der Waals surface area contributed by atoms with Crippen molar-refractivity contribution in [3.63, 3.8) is 0 Å². The van der Waals surface area contributed by atoms with Gasteiger partial charge in [0.25, 0.3) is 0 Å². The Kier molecular flexibility index (Phi) is 3.91. The van der Waals surface area contributed by atoms with E-state index in [0.29, 0.717) is 6.54 Å². The van der Waals surface area contributed by atoms with E-state index in [0.717, 1.165) is 10.9 Å². The quantitative estimate of drug-likeness (QED) is 0.924. The van der Waals surface area contributed by atoms with Crippen molar-refractivity contribution in [3.8, 4) is 5.69 Å². The summed E-state index contributed by atoms with van der Waals surface area (Å²) in [5.41, 5.74) is 6.02. The number of nitrogens with zero attached hydrogens (tertiary/aromatic N) is 3. The zero-order valence-corrected chi connectivity index (χ0v) is 12.9. The van der Waals surface area contributed by atoms with Gasteiger partial charge in [0.05, 0.1) is 0 Å². The molecular weight excluding hydrogens is 295 g/mol. The van der Waals surface area contributed by atoms with Crippen LogP contribution in [0.5, 0.6) is 0 Å². The lowest BCUT2D eigenvalue weighted by molar-refractivity contribution is 0.601. The molecule has 6 nitrogen and oxygen atoms in total. The van der Waals surface area contributed by atoms with E-state index in [1.807, 2.05) is 6.92 Å². The van der Waals surface area contributed by atoms with Crippen LogP contribution in [0.15, 0.2) is 29.2 Å². The minimum atomic E-state index is -3.59. The van der Waals surface area contributed by atoms with Crippen LogP contribution in [0, 0.1) is 5.82 Å². The number of para-hydroxylation sites is 1. The fourth-order valence-electron chi connectivity index (χ4n) is 1.97. The molecule has 2 rings (SSSR count). The fraction of sp³-hybridized carbons (Fsp3) is 0.308. The smallest absolute Gasteiger partial charge is 0.182 e. The van der Waals surface area contributed by atoms with E-state index >= 15 is 0 Å². The second-order valence-corrected chi connectivity index (χ2v) is 6.64. The molecule has 8 heteroatoms. The summed E-state index contributed by atoms with van der Waals surface area (Å²) in [5.74, 6) is -0.420. The van der Waals surface area contributed by atoms with Crippen molar-refractivity contribution in [2.75, 3.05) is 30.5 Å². The highest BCUT2D eigenvalue weighted by Gasteiger charge is 2.27. The fourth-order valence-corrected chi connectivity index (χ4v) is 2.96. The molecule has 1 aromatic heterocycles. The molecule has 0 aliphatic heterocycles. The number of halogens is 1. The summed E-state index contributed by atoms with van der Waals surface area (Å²) in [6.45, 7) is 2.39. The summed E-state index contributed by atoms with van der Waals surface area (Å²) in [6, 6.07) is 5.91. The van der Waals surface area contributed by atoms with Gasteiger partial charge in [-0.2, -0.15) is 0 Å². The van der Waals surface area contributed by atoms with Gasteiger partial charge in [-0.05, 0) is 19.1 Å². The normalized spacial score (nSPS) is 11.6. The van der Waals surface area contributed by atoms with Crippen LogP contribution in [-0.4, -0.2) is 38.0 Å². The van der Waals surface area contributed by atoms with Gasteiger partial charge in [0, 0.05) is 19.8 Å². The number of anilines is 2. The molecule has 0 amide bonds. The number of sulfone groups is 1. The van der Waals surface area contributed by atoms with E-state index in [-0.39, 0.29) is 22.2 Å². The van der Waals surface area contributed by atoms with E-state index in [9.17, 15) is 12.8 Å². The van der Waals surface area contributed by atoms with Gasteiger partial charge < -0.3 is 10.6 Å². The van der Waals surface area contributed by atoms with Gasteiger partial charge in [0.15, 0.2) is 20.6 Å². The third-order valence-corrected chi connectivity index (χ3v) is 4.28. The second-order valence-electron chi connectivity index (χ2n) is 4.69. The summed E-state index contributed by atoms with van der Waals surface area (Å²) in [5, 5.41) is 4.18. The standard InChI is InChI=1S/C13H17FN4O2S/c1-4-17(2)13-11(21(3,19)20)12(15)18(16-13)10-8-6-5-7-9(10)14/h5-8H,4,15H2,1-3H3. The Balaban J connectivity index is 2.77. The molecule has 0 saturated heterocycles. The molecule has 2 aromatic rings. The van der Waals surface area contributed by atoms with Crippen molar-refractivity contribution in [3.05, 3.63) is 30.1 Å². The molecule has 0 aliphatic rings. The first-order chi connectivity index (χ1) is 9.77. The monoisotopic (exact) mass is 312 g/mol. The Bertz CT molecular complexity index is 770. The summed E-state index contributed by atoms with van der Waals surface area (Å²) in [4.78, 5) is 1.56. The molecule has 21 heavy (non-hydrogen) atoms. The van der Waals surface area contributed by atoms with E-state index in [4.69, 9.17) is 5.73 Å². The van der Waals surface area contributed by atoms with Crippen LogP contribution in [0.2, 0.25) is 0 Å². The molecule has 0 unspecified atom stereocenters. The van der Waals surface area contributed by atoms with Gasteiger partial charge in [-0.1, -0.05) is 12.1 Å². The Labute approximate surface area is 122 Å². The minimum absolute atomic E-state index is 0.0879. The van der Waals surface area contributed by atoms with Gasteiger partial charge in [0.2, 0.25) is 0 Å². The maximum Gasteiger partial charge on any atom is 0.182 e. The first kappa shape index (κ1) is 15.3. The molecule has 0 fully saturated rings. The lowest BCUT2D eigenvalue weighted by Gasteiger charge is -2.14. The first-order valence-corrected chi connectivity index (χ1v) is 8.21. The largest absolute Gasteiger partial charge is 0.382 e. The third kappa shape index (κ3) is 2.71. The van der Waals surface area contributed by atoms with Crippen LogP contribution in [0.1, 0.15) is 6.92 Å². The predicted octanol–water partition coefficient (Wildman–Crippen LogP) is 1.45. The highest BCUT2D eigenvalue weighted by Crippen LogP contribution is 2.31. The number of nitrogen functional groups attached to an aromatic ring is 1. The summed E-state index contributed by atoms with van der Waals surface area (Å²) >= 11 is 0. The van der Waals surface area contributed by atoms with E-state index in [1.54, 1.807) is 18.0 Å². The molecule has 1 heterocycles. The maximum absolute atomic E-state index is 13.9. The van der Waals surface area contributed by atoms with Crippen LogP contribution in [0.3, 0.4) is 0 Å². The zero-order chi connectivity index (χ0) is 15.8. The molecule has 1 aromatic carbocycles. The van der Waals surface area contributed by atoms with Gasteiger partial charge in [-0.15, -0.1) is 5.10 Å². The van der Waals surface area contributed by atoms with Gasteiger partial charge in [0.1, 0.15) is 17.3 Å². The Morgan fingerprint density at radius 1 is 1.38 bits per heavy atom. The van der Waals surface area contributed by atoms with Crippen molar-refractivity contribution >= 4 is 21.5 Å². The zero-order valence-electron chi connectivity index (χ0n) is 12.0. The van der Waals surface area contributed by atoms with Crippen molar-refractivity contribution in [1.82, 2.24) is 9.78 Å². The highest BCUT2D eigenvalue weighted by atomic mass is 32.2. The number of hydrogen-bond acceptors (Lipinski definition) is 5. The summed E-state index contributed by atoms with van der Waals surface area (Å²) in [7, 11) is -1.90. The molecule has 2 N–H and O–H groups in total. The topological polar surface area (TPSA) is 81.2 Å². The van der Waals surface area contributed by atoms with Crippen molar-refractivity contribution in [1.29, 1.82) is 0 Å². The lowest BCUT2D eigenvalue weighted by Crippen LogP contribution is -2.19. The maximum atomic E-state index is 13.9. The number of benzene rings is 1. The van der Waals surface area contributed by atoms with Crippen LogP contribution in [0.4, 0.5) is 16.0 Å². The Morgan fingerprint density at radius 2 is 2.00 bits per heavy atom. The molecule has 0 saturated carbocycles. The molecule has 0 bridgehead atoms. The van der Waals surface area contributed by atoms with Crippen LogP contribution in [0.25, 0.3) is 5.69 Å². The minimum Gasteiger partial charge on any atom is -0.382 e. The van der Waals surface area contributed by atoms with E-state index in [1.165, 1.54) is 18.2 Å².